The third-order valence-corrected chi connectivity index (χ3v) is 5.14. The normalized spacial score (nSPS) is 25.5. The molecule has 1 saturated carbocycles. The highest BCUT2D eigenvalue weighted by molar-refractivity contribution is 6.10. The fraction of sp³-hybridized carbons (Fsp3) is 0.556. The van der Waals surface area contributed by atoms with E-state index in [0.29, 0.717) is 12.0 Å². The van der Waals surface area contributed by atoms with Gasteiger partial charge in [-0.2, -0.15) is 0 Å². The molecule has 0 radical (unpaired) electrons. The number of rotatable bonds is 3. The van der Waals surface area contributed by atoms with Crippen LogP contribution in [0.2, 0.25) is 0 Å². The van der Waals surface area contributed by atoms with Crippen LogP contribution < -0.4 is 15.5 Å². The van der Waals surface area contributed by atoms with Crippen molar-refractivity contribution in [3.63, 3.8) is 0 Å². The van der Waals surface area contributed by atoms with Gasteiger partial charge in [0, 0.05) is 5.92 Å². The van der Waals surface area contributed by atoms with Crippen LogP contribution >= 0.6 is 0 Å². The molecule has 124 valence electrons. The Kier molecular flexibility index (Phi) is 4.66. The van der Waals surface area contributed by atoms with Gasteiger partial charge in [0.25, 0.3) is 5.91 Å². The van der Waals surface area contributed by atoms with Gasteiger partial charge in [0.2, 0.25) is 5.91 Å². The highest BCUT2D eigenvalue weighted by Gasteiger charge is 2.34. The predicted molar refractivity (Wildman–Crippen MR) is 90.2 cm³/mol. The molecular weight excluding hydrogens is 290 g/mol. The molecule has 0 unspecified atom stereocenters. The van der Waals surface area contributed by atoms with E-state index in [1.54, 1.807) is 4.90 Å². The lowest BCUT2D eigenvalue weighted by atomic mass is 9.85. The molecule has 2 amide bonds. The van der Waals surface area contributed by atoms with Gasteiger partial charge in [-0.25, -0.2) is 0 Å². The number of carbonyl (C=O) groups is 2. The minimum Gasteiger partial charge on any atom is -0.334 e. The Labute approximate surface area is 137 Å². The number of hydrogen-bond donors (Lipinski definition) is 2. The molecule has 0 saturated heterocycles. The Bertz CT molecular complexity index is 602. The second-order valence-electron chi connectivity index (χ2n) is 6.90. The third kappa shape index (κ3) is 3.39. The highest BCUT2D eigenvalue weighted by atomic mass is 16.2. The number of hydrogen-bond acceptors (Lipinski definition) is 2. The summed E-state index contributed by atoms with van der Waals surface area (Å²) in [7, 11) is 0. The van der Waals surface area contributed by atoms with E-state index in [4.69, 9.17) is 0 Å². The third-order valence-electron chi connectivity index (χ3n) is 5.14. The Balaban J connectivity index is 1.73. The Hall–Kier alpha value is -1.88. The molecule has 1 aromatic rings. The summed E-state index contributed by atoms with van der Waals surface area (Å²) in [5.74, 6) is 0.538. The van der Waals surface area contributed by atoms with Crippen LogP contribution in [0.1, 0.15) is 39.5 Å². The van der Waals surface area contributed by atoms with Gasteiger partial charge in [-0.1, -0.05) is 25.5 Å². The zero-order valence-corrected chi connectivity index (χ0v) is 13.9. The van der Waals surface area contributed by atoms with Gasteiger partial charge in [0.1, 0.15) is 6.54 Å². The number of amides is 2. The minimum atomic E-state index is -0.167. The molecule has 5 heteroatoms. The van der Waals surface area contributed by atoms with Crippen molar-refractivity contribution in [2.45, 2.75) is 51.6 Å². The number of nitrogens with two attached hydrogens (primary N) is 1. The number of para-hydroxylation sites is 2. The summed E-state index contributed by atoms with van der Waals surface area (Å²) in [6.07, 6.45) is 4.97. The van der Waals surface area contributed by atoms with Crippen LogP contribution in [0.3, 0.4) is 0 Å². The highest BCUT2D eigenvalue weighted by Crippen LogP contribution is 2.29. The van der Waals surface area contributed by atoms with E-state index < -0.39 is 0 Å². The number of nitrogens with one attached hydrogen (secondary N) is 1. The van der Waals surface area contributed by atoms with Crippen LogP contribution in [-0.2, 0) is 9.59 Å². The summed E-state index contributed by atoms with van der Waals surface area (Å²) >= 11 is 0. The Morgan fingerprint density at radius 1 is 1.30 bits per heavy atom. The Morgan fingerprint density at radius 2 is 2.04 bits per heavy atom. The maximum atomic E-state index is 12.9. The van der Waals surface area contributed by atoms with Gasteiger partial charge in [-0.15, -0.1) is 0 Å². The molecule has 1 aliphatic heterocycles. The molecule has 1 heterocycles. The summed E-state index contributed by atoms with van der Waals surface area (Å²) in [6.45, 7) is 4.34. The van der Waals surface area contributed by atoms with Crippen LogP contribution in [0.15, 0.2) is 24.3 Å². The first kappa shape index (κ1) is 16.0. The fourth-order valence-corrected chi connectivity index (χ4v) is 3.76. The van der Waals surface area contributed by atoms with Crippen LogP contribution in [-0.4, -0.2) is 30.4 Å². The van der Waals surface area contributed by atoms with Crippen molar-refractivity contribution in [3.8, 4) is 0 Å². The van der Waals surface area contributed by atoms with Crippen LogP contribution in [0.5, 0.6) is 0 Å². The molecule has 0 spiro atoms. The summed E-state index contributed by atoms with van der Waals surface area (Å²) < 4.78 is 0. The van der Waals surface area contributed by atoms with Gasteiger partial charge in [-0.05, 0) is 38.3 Å². The molecule has 1 aromatic carbocycles. The van der Waals surface area contributed by atoms with Crippen molar-refractivity contribution >= 4 is 23.2 Å². The summed E-state index contributed by atoms with van der Waals surface area (Å²) in [5, 5.41) is 5.04. The lowest BCUT2D eigenvalue weighted by molar-refractivity contribution is -0.714. The average Bonchev–Trinajstić information content (AvgIpc) is 2.55. The second-order valence-corrected chi connectivity index (χ2v) is 6.90. The topological polar surface area (TPSA) is 66.0 Å². The lowest BCUT2D eigenvalue weighted by Gasteiger charge is -2.33. The van der Waals surface area contributed by atoms with E-state index in [9.17, 15) is 9.59 Å². The van der Waals surface area contributed by atoms with Crippen molar-refractivity contribution in [2.75, 3.05) is 16.8 Å². The van der Waals surface area contributed by atoms with Gasteiger partial charge < -0.3 is 10.6 Å². The van der Waals surface area contributed by atoms with E-state index in [-0.39, 0.29) is 24.4 Å². The van der Waals surface area contributed by atoms with Crippen LogP contribution in [0, 0.1) is 5.92 Å². The fourth-order valence-electron chi connectivity index (χ4n) is 3.76. The lowest BCUT2D eigenvalue weighted by Crippen LogP contribution is -2.98. The van der Waals surface area contributed by atoms with Crippen molar-refractivity contribution in [1.82, 2.24) is 0 Å². The van der Waals surface area contributed by atoms with Crippen molar-refractivity contribution in [1.29, 1.82) is 0 Å². The SMILES string of the molecule is C[C@H]([NH2+][C@H]1CCCC[C@H]1C)C(=O)N1CC(=O)Nc2ccccc21. The molecule has 1 fully saturated rings. The predicted octanol–water partition coefficient (Wildman–Crippen LogP) is 1.50. The van der Waals surface area contributed by atoms with E-state index in [1.165, 1.54) is 25.7 Å². The number of nitrogens with zero attached hydrogens (tertiary/aromatic N) is 1. The van der Waals surface area contributed by atoms with Crippen LogP contribution in [0.25, 0.3) is 0 Å². The molecule has 2 aliphatic rings. The minimum absolute atomic E-state index is 0.0186. The molecular formula is C18H26N3O2+. The first-order valence-corrected chi connectivity index (χ1v) is 8.61. The number of anilines is 2. The van der Waals surface area contributed by atoms with Crippen LogP contribution in [0.4, 0.5) is 11.4 Å². The summed E-state index contributed by atoms with van der Waals surface area (Å²) in [5.41, 5.74) is 1.52. The number of carbonyl (C=O) groups excluding carboxylic acids is 2. The molecule has 1 aliphatic carbocycles. The smallest absolute Gasteiger partial charge is 0.285 e. The zero-order valence-electron chi connectivity index (χ0n) is 13.9. The monoisotopic (exact) mass is 316 g/mol. The van der Waals surface area contributed by atoms with Gasteiger partial charge in [0.05, 0.1) is 17.4 Å². The second kappa shape index (κ2) is 6.71. The maximum absolute atomic E-state index is 12.9. The first-order chi connectivity index (χ1) is 11.1. The Morgan fingerprint density at radius 3 is 2.83 bits per heavy atom. The number of quaternary nitrogens is 1. The zero-order chi connectivity index (χ0) is 16.4. The van der Waals surface area contributed by atoms with Gasteiger partial charge in [0.15, 0.2) is 6.04 Å². The molecule has 5 nitrogen and oxygen atoms in total. The quantitative estimate of drug-likeness (QED) is 0.887. The molecule has 23 heavy (non-hydrogen) atoms. The standard InChI is InChI=1S/C18H25N3O2/c1-12-7-3-4-8-14(12)19-13(2)18(23)21-11-17(22)20-15-9-5-6-10-16(15)21/h5-6,9-10,12-14,19H,3-4,7-8,11H2,1-2H3,(H,20,22)/p+1/t12-,13+,14+/m1/s1. The molecule has 0 aromatic heterocycles. The average molecular weight is 316 g/mol. The molecule has 0 bridgehead atoms. The number of benzene rings is 1. The van der Waals surface area contributed by atoms with Crippen molar-refractivity contribution in [2.24, 2.45) is 5.92 Å². The van der Waals surface area contributed by atoms with Gasteiger partial charge >= 0.3 is 0 Å². The largest absolute Gasteiger partial charge is 0.334 e. The van der Waals surface area contributed by atoms with E-state index in [0.717, 1.165) is 11.4 Å². The number of fused-ring (bicyclic) bond motifs is 1. The van der Waals surface area contributed by atoms with E-state index in [1.807, 2.05) is 31.2 Å². The maximum Gasteiger partial charge on any atom is 0.285 e. The van der Waals surface area contributed by atoms with Crippen molar-refractivity contribution in [3.05, 3.63) is 24.3 Å². The van der Waals surface area contributed by atoms with Crippen molar-refractivity contribution < 1.29 is 14.9 Å². The summed E-state index contributed by atoms with van der Waals surface area (Å²) in [4.78, 5) is 26.4. The van der Waals surface area contributed by atoms with E-state index >= 15 is 0 Å². The molecule has 3 rings (SSSR count). The van der Waals surface area contributed by atoms with Gasteiger partial charge in [-0.3, -0.25) is 14.5 Å². The molecule has 3 atom stereocenters. The summed E-state index contributed by atoms with van der Waals surface area (Å²) in [6, 6.07) is 7.84. The first-order valence-electron chi connectivity index (χ1n) is 8.61. The molecule has 3 N–H and O–H groups in total. The van der Waals surface area contributed by atoms with E-state index in [2.05, 4.69) is 17.6 Å².